The van der Waals surface area contributed by atoms with Crippen molar-refractivity contribution in [1.82, 2.24) is 0 Å². The number of sulfonamides is 1. The number of benzene rings is 3. The van der Waals surface area contributed by atoms with Crippen LogP contribution in [-0.4, -0.2) is 13.5 Å². The number of nitrogens with two attached hydrogens (primary N) is 1. The van der Waals surface area contributed by atoms with Gasteiger partial charge in [0.15, 0.2) is 0 Å². The number of aromatic hydroxyl groups is 1. The first kappa shape index (κ1) is 25.6. The summed E-state index contributed by atoms with van der Waals surface area (Å²) in [6.07, 6.45) is 5.28. The summed E-state index contributed by atoms with van der Waals surface area (Å²) in [5.41, 5.74) is 3.35. The summed E-state index contributed by atoms with van der Waals surface area (Å²) in [4.78, 5) is 13.5. The van der Waals surface area contributed by atoms with Gasteiger partial charge in [0.05, 0.1) is 4.90 Å². The zero-order valence-electron chi connectivity index (χ0n) is 21.8. The molecule has 0 spiro atoms. The van der Waals surface area contributed by atoms with Crippen LogP contribution in [0.15, 0.2) is 86.9 Å². The second kappa shape index (κ2) is 9.50. The average molecular weight is 542 g/mol. The van der Waals surface area contributed by atoms with E-state index in [9.17, 15) is 18.3 Å². The lowest BCUT2D eigenvalue weighted by atomic mass is 9.63. The molecule has 39 heavy (non-hydrogen) atoms. The highest BCUT2D eigenvalue weighted by molar-refractivity contribution is 7.89. The van der Waals surface area contributed by atoms with Gasteiger partial charge in [0.25, 0.3) is 0 Å². The lowest BCUT2D eigenvalue weighted by Gasteiger charge is -2.41. The molecular formula is C32H31NO5S. The molecule has 6 nitrogen and oxygen atoms in total. The molecule has 1 aromatic heterocycles. The van der Waals surface area contributed by atoms with E-state index >= 15 is 0 Å². The molecule has 2 fully saturated rings. The van der Waals surface area contributed by atoms with Crippen molar-refractivity contribution in [2.45, 2.75) is 61.7 Å². The SMILES string of the molecule is Cc1c(-c2ccccc2)c(S(N)(=O)=O)cc(-c2c(O)cc(C3(Cc4ccccc4)CCC3)oc2=O)c1C1CC1. The molecule has 0 unspecified atom stereocenters. The van der Waals surface area contributed by atoms with Gasteiger partial charge >= 0.3 is 5.63 Å². The van der Waals surface area contributed by atoms with E-state index in [4.69, 9.17) is 9.56 Å². The third-order valence-corrected chi connectivity index (χ3v) is 9.30. The quantitative estimate of drug-likeness (QED) is 0.290. The zero-order valence-corrected chi connectivity index (χ0v) is 22.6. The maximum Gasteiger partial charge on any atom is 0.347 e. The molecule has 6 rings (SSSR count). The van der Waals surface area contributed by atoms with Gasteiger partial charge in [-0.05, 0) is 78.8 Å². The van der Waals surface area contributed by atoms with Gasteiger partial charge in [0, 0.05) is 17.0 Å². The average Bonchev–Trinajstić information content (AvgIpc) is 3.71. The van der Waals surface area contributed by atoms with Crippen LogP contribution in [0.2, 0.25) is 0 Å². The van der Waals surface area contributed by atoms with Crippen LogP contribution in [0, 0.1) is 6.92 Å². The molecule has 0 saturated heterocycles. The van der Waals surface area contributed by atoms with Crippen LogP contribution in [-0.2, 0) is 21.9 Å². The van der Waals surface area contributed by atoms with Crippen LogP contribution in [0.1, 0.15) is 60.5 Å². The van der Waals surface area contributed by atoms with Crippen LogP contribution in [0.3, 0.4) is 0 Å². The van der Waals surface area contributed by atoms with E-state index < -0.39 is 15.6 Å². The molecule has 2 aliphatic carbocycles. The fourth-order valence-corrected chi connectivity index (χ4v) is 7.02. The van der Waals surface area contributed by atoms with Crippen LogP contribution < -0.4 is 10.8 Å². The fourth-order valence-electron chi connectivity index (χ4n) is 6.19. The Morgan fingerprint density at radius 2 is 1.62 bits per heavy atom. The van der Waals surface area contributed by atoms with E-state index in [2.05, 4.69) is 12.1 Å². The van der Waals surface area contributed by atoms with Crippen molar-refractivity contribution < 1.29 is 17.9 Å². The molecule has 200 valence electrons. The van der Waals surface area contributed by atoms with Gasteiger partial charge in [0.1, 0.15) is 17.1 Å². The number of hydrogen-bond donors (Lipinski definition) is 2. The molecule has 2 saturated carbocycles. The first-order chi connectivity index (χ1) is 18.7. The van der Waals surface area contributed by atoms with Crippen molar-refractivity contribution in [1.29, 1.82) is 0 Å². The van der Waals surface area contributed by atoms with E-state index in [0.717, 1.165) is 54.4 Å². The highest BCUT2D eigenvalue weighted by Gasteiger charge is 2.42. The third-order valence-electron chi connectivity index (χ3n) is 8.36. The van der Waals surface area contributed by atoms with Gasteiger partial charge in [-0.1, -0.05) is 67.1 Å². The third kappa shape index (κ3) is 4.60. The Morgan fingerprint density at radius 3 is 2.15 bits per heavy atom. The Balaban J connectivity index is 1.54. The van der Waals surface area contributed by atoms with Gasteiger partial charge in [0.2, 0.25) is 10.0 Å². The highest BCUT2D eigenvalue weighted by atomic mass is 32.2. The molecule has 3 N–H and O–H groups in total. The summed E-state index contributed by atoms with van der Waals surface area (Å²) in [6, 6.07) is 22.3. The van der Waals surface area contributed by atoms with Crippen molar-refractivity contribution in [2.24, 2.45) is 5.14 Å². The molecule has 0 radical (unpaired) electrons. The molecule has 0 aliphatic heterocycles. The van der Waals surface area contributed by atoms with E-state index in [1.807, 2.05) is 55.5 Å². The zero-order chi connectivity index (χ0) is 27.4. The molecular weight excluding hydrogens is 510 g/mol. The Labute approximate surface area is 228 Å². The lowest BCUT2D eigenvalue weighted by Crippen LogP contribution is -2.37. The second-order valence-corrected chi connectivity index (χ2v) is 12.5. The lowest BCUT2D eigenvalue weighted by molar-refractivity contribution is 0.189. The Bertz CT molecular complexity index is 1720. The van der Waals surface area contributed by atoms with Gasteiger partial charge in [-0.15, -0.1) is 0 Å². The highest BCUT2D eigenvalue weighted by Crippen LogP contribution is 2.51. The fraction of sp³-hybridized carbons (Fsp3) is 0.281. The summed E-state index contributed by atoms with van der Waals surface area (Å²) < 4.78 is 31.7. The molecule has 1 heterocycles. The van der Waals surface area contributed by atoms with Crippen molar-refractivity contribution in [2.75, 3.05) is 0 Å². The first-order valence-electron chi connectivity index (χ1n) is 13.4. The minimum atomic E-state index is -4.16. The number of rotatable bonds is 7. The van der Waals surface area contributed by atoms with E-state index in [0.29, 0.717) is 23.3 Å². The van der Waals surface area contributed by atoms with Crippen molar-refractivity contribution in [3.8, 4) is 28.0 Å². The van der Waals surface area contributed by atoms with Crippen LogP contribution in [0.5, 0.6) is 5.75 Å². The maximum absolute atomic E-state index is 13.6. The van der Waals surface area contributed by atoms with E-state index in [-0.39, 0.29) is 27.5 Å². The summed E-state index contributed by atoms with van der Waals surface area (Å²) in [5, 5.41) is 17.0. The van der Waals surface area contributed by atoms with Crippen molar-refractivity contribution >= 4 is 10.0 Å². The minimum Gasteiger partial charge on any atom is -0.507 e. The predicted octanol–water partition coefficient (Wildman–Crippen LogP) is 6.18. The number of primary sulfonamides is 1. The van der Waals surface area contributed by atoms with Gasteiger partial charge < -0.3 is 9.52 Å². The molecule has 2 aliphatic rings. The molecule has 4 aromatic rings. The summed E-state index contributed by atoms with van der Waals surface area (Å²) in [6.45, 7) is 1.87. The van der Waals surface area contributed by atoms with Gasteiger partial charge in [-0.25, -0.2) is 18.4 Å². The van der Waals surface area contributed by atoms with Gasteiger partial charge in [-0.2, -0.15) is 0 Å². The normalized spacial score (nSPS) is 16.6. The molecule has 0 amide bonds. The molecule has 7 heteroatoms. The minimum absolute atomic E-state index is 0.0116. The smallest absolute Gasteiger partial charge is 0.347 e. The summed E-state index contributed by atoms with van der Waals surface area (Å²) in [7, 11) is -4.16. The topological polar surface area (TPSA) is 111 Å². The van der Waals surface area contributed by atoms with E-state index in [1.165, 1.54) is 6.07 Å². The first-order valence-corrected chi connectivity index (χ1v) is 14.9. The Morgan fingerprint density at radius 1 is 0.974 bits per heavy atom. The second-order valence-electron chi connectivity index (χ2n) is 11.0. The standard InChI is InChI=1S/C32H31NO5S/c1-20-28(23-13-14-23)24(17-26(39(33,36)37)29(20)22-11-6-3-7-12-22)30-25(34)18-27(38-31(30)35)32(15-8-16-32)19-21-9-4-2-5-10-21/h2-7,9-12,17-18,23,34H,8,13-16,19H2,1H3,(H2,33,36,37). The maximum atomic E-state index is 13.6. The van der Waals surface area contributed by atoms with Crippen molar-refractivity contribution in [3.05, 3.63) is 106 Å². The van der Waals surface area contributed by atoms with Crippen LogP contribution in [0.4, 0.5) is 0 Å². The molecule has 0 bridgehead atoms. The summed E-state index contributed by atoms with van der Waals surface area (Å²) in [5.74, 6) is 0.433. The van der Waals surface area contributed by atoms with Crippen LogP contribution in [0.25, 0.3) is 22.3 Å². The largest absolute Gasteiger partial charge is 0.507 e. The monoisotopic (exact) mass is 541 g/mol. The predicted molar refractivity (Wildman–Crippen MR) is 151 cm³/mol. The van der Waals surface area contributed by atoms with E-state index in [1.54, 1.807) is 6.07 Å². The summed E-state index contributed by atoms with van der Waals surface area (Å²) >= 11 is 0. The van der Waals surface area contributed by atoms with Crippen LogP contribution >= 0.6 is 0 Å². The Hall–Kier alpha value is -3.68. The van der Waals surface area contributed by atoms with Crippen molar-refractivity contribution in [3.63, 3.8) is 0 Å². The molecule has 3 aromatic carbocycles. The number of hydrogen-bond acceptors (Lipinski definition) is 5. The Kier molecular flexibility index (Phi) is 6.24. The molecule has 0 atom stereocenters. The van der Waals surface area contributed by atoms with Gasteiger partial charge in [-0.3, -0.25) is 0 Å².